The van der Waals surface area contributed by atoms with E-state index in [4.69, 9.17) is 9.47 Å². The predicted octanol–water partition coefficient (Wildman–Crippen LogP) is 2.83. The number of nitrogens with one attached hydrogen (secondary N) is 1. The van der Waals surface area contributed by atoms with Gasteiger partial charge in [0.1, 0.15) is 6.10 Å². The lowest BCUT2D eigenvalue weighted by atomic mass is 9.96. The van der Waals surface area contributed by atoms with Crippen LogP contribution in [0.2, 0.25) is 0 Å². The minimum Gasteiger partial charge on any atom is -0.493 e. The number of hydrogen-bond donors (Lipinski definition) is 2. The lowest BCUT2D eigenvalue weighted by Gasteiger charge is -2.25. The maximum Gasteiger partial charge on any atom is 0.310 e. The van der Waals surface area contributed by atoms with Crippen LogP contribution in [0.15, 0.2) is 18.2 Å². The van der Waals surface area contributed by atoms with Gasteiger partial charge in [-0.1, -0.05) is 13.0 Å². The molecule has 1 unspecified atom stereocenters. The van der Waals surface area contributed by atoms with Crippen molar-refractivity contribution in [2.24, 2.45) is 0 Å². The van der Waals surface area contributed by atoms with Crippen LogP contribution in [-0.2, 0) is 4.79 Å². The van der Waals surface area contributed by atoms with Crippen LogP contribution in [0.25, 0.3) is 0 Å². The predicted molar refractivity (Wildman–Crippen MR) is 87.4 cm³/mol. The number of hydrogen-bond acceptors (Lipinski definition) is 4. The molecule has 1 saturated heterocycles. The Hall–Kier alpha value is -1.46. The van der Waals surface area contributed by atoms with Crippen molar-refractivity contribution in [3.05, 3.63) is 23.8 Å². The van der Waals surface area contributed by atoms with Gasteiger partial charge in [0.2, 0.25) is 0 Å². The molecule has 0 amide bonds. The Morgan fingerprint density at radius 2 is 2.05 bits per heavy atom. The second-order valence-electron chi connectivity index (χ2n) is 5.28. The van der Waals surface area contributed by atoms with Gasteiger partial charge < -0.3 is 19.9 Å². The van der Waals surface area contributed by atoms with E-state index in [1.165, 1.54) is 0 Å². The van der Waals surface area contributed by atoms with Crippen LogP contribution in [0.3, 0.4) is 0 Å². The second-order valence-corrected chi connectivity index (χ2v) is 5.28. The smallest absolute Gasteiger partial charge is 0.310 e. The Labute approximate surface area is 137 Å². The topological polar surface area (TPSA) is 67.8 Å². The number of carboxylic acid groups (broad SMARTS) is 1. The second kappa shape index (κ2) is 8.86. The lowest BCUT2D eigenvalue weighted by molar-refractivity contribution is -0.138. The Bertz CT molecular complexity index is 489. The molecule has 0 radical (unpaired) electrons. The molecule has 0 aromatic heterocycles. The molecule has 1 aliphatic rings. The van der Waals surface area contributed by atoms with Gasteiger partial charge in [-0.15, -0.1) is 12.4 Å². The average Bonchev–Trinajstić information content (AvgIpc) is 2.50. The highest BCUT2D eigenvalue weighted by Gasteiger charge is 2.21. The molecule has 1 fully saturated rings. The van der Waals surface area contributed by atoms with Crippen molar-refractivity contribution in [2.45, 2.75) is 38.2 Å². The summed E-state index contributed by atoms with van der Waals surface area (Å²) in [7, 11) is 1.58. The summed E-state index contributed by atoms with van der Waals surface area (Å²) >= 11 is 0. The van der Waals surface area contributed by atoms with E-state index in [2.05, 4.69) is 5.32 Å². The third kappa shape index (κ3) is 4.52. The Balaban J connectivity index is 0.00000242. The standard InChI is InChI=1S/C16H23NO4.ClH/c1-3-13(16(18)19)11-4-5-14(15(10-11)20-2)21-12-6-8-17-9-7-12;/h4-5,10,12-13,17H,3,6-9H2,1-2H3,(H,18,19);1H. The molecule has 1 heterocycles. The summed E-state index contributed by atoms with van der Waals surface area (Å²) in [5.74, 6) is -0.0301. The third-order valence-electron chi connectivity index (χ3n) is 3.88. The van der Waals surface area contributed by atoms with Crippen molar-refractivity contribution in [3.8, 4) is 11.5 Å². The van der Waals surface area contributed by atoms with Crippen molar-refractivity contribution in [1.29, 1.82) is 0 Å². The molecule has 1 aromatic carbocycles. The van der Waals surface area contributed by atoms with Crippen molar-refractivity contribution in [2.75, 3.05) is 20.2 Å². The molecule has 2 rings (SSSR count). The third-order valence-corrected chi connectivity index (χ3v) is 3.88. The van der Waals surface area contributed by atoms with E-state index in [0.717, 1.165) is 31.5 Å². The first-order chi connectivity index (χ1) is 10.2. The van der Waals surface area contributed by atoms with Gasteiger partial charge in [0, 0.05) is 0 Å². The number of rotatable bonds is 6. The molecule has 22 heavy (non-hydrogen) atoms. The van der Waals surface area contributed by atoms with Gasteiger partial charge in [-0.2, -0.15) is 0 Å². The summed E-state index contributed by atoms with van der Waals surface area (Å²) in [6.07, 6.45) is 2.68. The molecule has 0 spiro atoms. The average molecular weight is 330 g/mol. The number of carbonyl (C=O) groups is 1. The van der Waals surface area contributed by atoms with Gasteiger partial charge in [0.05, 0.1) is 13.0 Å². The van der Waals surface area contributed by atoms with Crippen LogP contribution in [-0.4, -0.2) is 37.4 Å². The monoisotopic (exact) mass is 329 g/mol. The number of methoxy groups -OCH3 is 1. The lowest BCUT2D eigenvalue weighted by Crippen LogP contribution is -2.34. The number of halogens is 1. The number of benzene rings is 1. The molecule has 124 valence electrons. The van der Waals surface area contributed by atoms with Crippen LogP contribution in [0.4, 0.5) is 0 Å². The Morgan fingerprint density at radius 1 is 1.36 bits per heavy atom. The van der Waals surface area contributed by atoms with E-state index < -0.39 is 11.9 Å². The van der Waals surface area contributed by atoms with Crippen molar-refractivity contribution < 1.29 is 19.4 Å². The van der Waals surface area contributed by atoms with Crippen molar-refractivity contribution in [1.82, 2.24) is 5.32 Å². The van der Waals surface area contributed by atoms with Crippen LogP contribution >= 0.6 is 12.4 Å². The highest BCUT2D eigenvalue weighted by Crippen LogP contribution is 2.33. The fraction of sp³-hybridized carbons (Fsp3) is 0.562. The van der Waals surface area contributed by atoms with Crippen LogP contribution in [0.5, 0.6) is 11.5 Å². The maximum absolute atomic E-state index is 11.3. The van der Waals surface area contributed by atoms with Gasteiger partial charge in [-0.3, -0.25) is 4.79 Å². The van der Waals surface area contributed by atoms with Gasteiger partial charge in [-0.05, 0) is 50.0 Å². The van der Waals surface area contributed by atoms with Crippen LogP contribution in [0, 0.1) is 0 Å². The zero-order valence-electron chi connectivity index (χ0n) is 13.0. The van der Waals surface area contributed by atoms with E-state index in [1.807, 2.05) is 19.1 Å². The quantitative estimate of drug-likeness (QED) is 0.840. The molecule has 0 aliphatic carbocycles. The summed E-state index contributed by atoms with van der Waals surface area (Å²) in [5, 5.41) is 12.5. The fourth-order valence-electron chi connectivity index (χ4n) is 2.64. The van der Waals surface area contributed by atoms with Crippen LogP contribution < -0.4 is 14.8 Å². The largest absolute Gasteiger partial charge is 0.493 e. The highest BCUT2D eigenvalue weighted by atomic mass is 35.5. The molecule has 0 bridgehead atoms. The maximum atomic E-state index is 11.3. The summed E-state index contributed by atoms with van der Waals surface area (Å²) in [5.41, 5.74) is 0.750. The SMILES string of the molecule is CCC(C(=O)O)c1ccc(OC2CCNCC2)c(OC)c1.Cl. The number of ether oxygens (including phenoxy) is 2. The molecule has 0 saturated carbocycles. The Kier molecular flexibility index (Phi) is 7.48. The Morgan fingerprint density at radius 3 is 2.59 bits per heavy atom. The van der Waals surface area contributed by atoms with E-state index in [9.17, 15) is 9.90 Å². The molecule has 2 N–H and O–H groups in total. The number of piperidine rings is 1. The highest BCUT2D eigenvalue weighted by molar-refractivity contribution is 5.85. The minimum atomic E-state index is -0.813. The molecular weight excluding hydrogens is 306 g/mol. The first-order valence-electron chi connectivity index (χ1n) is 7.43. The van der Waals surface area contributed by atoms with Gasteiger partial charge in [0.15, 0.2) is 11.5 Å². The molecule has 1 aliphatic heterocycles. The zero-order valence-corrected chi connectivity index (χ0v) is 13.8. The molecule has 6 heteroatoms. The first-order valence-corrected chi connectivity index (χ1v) is 7.43. The molecule has 1 atom stereocenters. The van der Waals surface area contributed by atoms with E-state index in [-0.39, 0.29) is 18.5 Å². The van der Waals surface area contributed by atoms with Gasteiger partial charge in [-0.25, -0.2) is 0 Å². The molecule has 1 aromatic rings. The number of carboxylic acids is 1. The van der Waals surface area contributed by atoms with Crippen molar-refractivity contribution >= 4 is 18.4 Å². The summed E-state index contributed by atoms with van der Waals surface area (Å²) in [4.78, 5) is 11.3. The number of aliphatic carboxylic acids is 1. The normalized spacial score (nSPS) is 16.5. The molecular formula is C16H24ClNO4. The van der Waals surface area contributed by atoms with E-state index >= 15 is 0 Å². The van der Waals surface area contributed by atoms with Gasteiger partial charge in [0.25, 0.3) is 0 Å². The first kappa shape index (κ1) is 18.6. The fourth-order valence-corrected chi connectivity index (χ4v) is 2.64. The summed E-state index contributed by atoms with van der Waals surface area (Å²) in [6.45, 7) is 3.79. The summed E-state index contributed by atoms with van der Waals surface area (Å²) < 4.78 is 11.4. The molecule has 5 nitrogen and oxygen atoms in total. The van der Waals surface area contributed by atoms with Gasteiger partial charge >= 0.3 is 5.97 Å². The van der Waals surface area contributed by atoms with Crippen LogP contribution in [0.1, 0.15) is 37.7 Å². The summed E-state index contributed by atoms with van der Waals surface area (Å²) in [6, 6.07) is 5.42. The van der Waals surface area contributed by atoms with E-state index in [1.54, 1.807) is 13.2 Å². The zero-order chi connectivity index (χ0) is 15.2. The van der Waals surface area contributed by atoms with E-state index in [0.29, 0.717) is 17.9 Å². The van der Waals surface area contributed by atoms with Crippen molar-refractivity contribution in [3.63, 3.8) is 0 Å². The minimum absolute atomic E-state index is 0.